The fourth-order valence-electron chi connectivity index (χ4n) is 2.64. The summed E-state index contributed by atoms with van der Waals surface area (Å²) in [7, 11) is 2.18. The van der Waals surface area contributed by atoms with Crippen molar-refractivity contribution in [3.05, 3.63) is 14.7 Å². The molecule has 1 aromatic rings. The van der Waals surface area contributed by atoms with Gasteiger partial charge in [-0.1, -0.05) is 0 Å². The second-order valence-corrected chi connectivity index (χ2v) is 10.1. The van der Waals surface area contributed by atoms with E-state index in [1.54, 1.807) is 13.1 Å². The number of hydrogen-bond donors (Lipinski definition) is 1. The zero-order valence-electron chi connectivity index (χ0n) is 12.6. The Balaban J connectivity index is 2.13. The molecule has 21 heavy (non-hydrogen) atoms. The Kier molecular flexibility index (Phi) is 5.84. The molecule has 0 saturated carbocycles. The summed E-state index contributed by atoms with van der Waals surface area (Å²) in [6.07, 6.45) is 1.06. The molecule has 120 valence electrons. The van der Waals surface area contributed by atoms with Gasteiger partial charge in [0.25, 0.3) is 0 Å². The highest BCUT2D eigenvalue weighted by Gasteiger charge is 2.29. The lowest BCUT2D eigenvalue weighted by atomic mass is 10.1. The molecule has 1 saturated heterocycles. The summed E-state index contributed by atoms with van der Waals surface area (Å²) in [6, 6.07) is 1.76. The van der Waals surface area contributed by atoms with Crippen LogP contribution >= 0.6 is 27.3 Å². The fraction of sp³-hybridized carbons (Fsp3) is 0.692. The van der Waals surface area contributed by atoms with E-state index in [1.807, 2.05) is 7.05 Å². The molecule has 0 amide bonds. The fourth-order valence-corrected chi connectivity index (χ4v) is 6.53. The third-order valence-electron chi connectivity index (χ3n) is 3.75. The Morgan fingerprint density at radius 1 is 1.57 bits per heavy atom. The molecule has 1 aliphatic heterocycles. The molecular weight excluding hydrogens is 374 g/mol. The minimum absolute atomic E-state index is 0.381. The molecule has 2 heterocycles. The van der Waals surface area contributed by atoms with E-state index in [0.717, 1.165) is 24.4 Å². The van der Waals surface area contributed by atoms with Crippen molar-refractivity contribution < 1.29 is 8.42 Å². The van der Waals surface area contributed by atoms with Gasteiger partial charge in [0.15, 0.2) is 0 Å². The van der Waals surface area contributed by atoms with Crippen molar-refractivity contribution in [1.29, 1.82) is 0 Å². The molecule has 0 bridgehead atoms. The number of hydrogen-bond acceptors (Lipinski definition) is 5. The van der Waals surface area contributed by atoms with Gasteiger partial charge in [0.2, 0.25) is 10.0 Å². The number of sulfonamides is 1. The van der Waals surface area contributed by atoms with E-state index >= 15 is 0 Å². The standard InChI is InChI=1S/C13H22BrN3O2S2/c1-15-7-11-6-12(13(14)20-11)21(18,19)17(3)9-10-4-5-16(2)8-10/h6,10,15H,4-5,7-9H2,1-3H3. The monoisotopic (exact) mass is 395 g/mol. The molecule has 1 fully saturated rings. The zero-order chi connectivity index (χ0) is 15.6. The van der Waals surface area contributed by atoms with E-state index in [-0.39, 0.29) is 0 Å². The number of nitrogens with one attached hydrogen (secondary N) is 1. The van der Waals surface area contributed by atoms with Crippen molar-refractivity contribution in [2.24, 2.45) is 5.92 Å². The van der Waals surface area contributed by atoms with Gasteiger partial charge in [0.1, 0.15) is 4.90 Å². The third-order valence-corrected chi connectivity index (χ3v) is 7.83. The molecule has 5 nitrogen and oxygen atoms in total. The zero-order valence-corrected chi connectivity index (χ0v) is 15.8. The maximum atomic E-state index is 12.7. The topological polar surface area (TPSA) is 52.7 Å². The van der Waals surface area contributed by atoms with E-state index in [1.165, 1.54) is 15.6 Å². The maximum absolute atomic E-state index is 12.7. The predicted octanol–water partition coefficient (Wildman–Crippen LogP) is 1.80. The van der Waals surface area contributed by atoms with Crippen LogP contribution in [0.3, 0.4) is 0 Å². The quantitative estimate of drug-likeness (QED) is 0.797. The molecule has 0 aliphatic carbocycles. The van der Waals surface area contributed by atoms with Gasteiger partial charge in [0, 0.05) is 31.6 Å². The van der Waals surface area contributed by atoms with Gasteiger partial charge in [-0.15, -0.1) is 11.3 Å². The molecule has 0 aromatic carbocycles. The van der Waals surface area contributed by atoms with Gasteiger partial charge in [0.05, 0.1) is 3.79 Å². The summed E-state index contributed by atoms with van der Waals surface area (Å²) in [5.41, 5.74) is 0. The highest BCUT2D eigenvalue weighted by molar-refractivity contribution is 9.11. The van der Waals surface area contributed by atoms with Crippen molar-refractivity contribution >= 4 is 37.3 Å². The summed E-state index contributed by atoms with van der Waals surface area (Å²) in [5, 5.41) is 3.04. The third kappa shape index (κ3) is 4.05. The van der Waals surface area contributed by atoms with Crippen LogP contribution in [0.2, 0.25) is 0 Å². The van der Waals surface area contributed by atoms with Crippen molar-refractivity contribution in [3.8, 4) is 0 Å². The molecule has 1 aromatic heterocycles. The summed E-state index contributed by atoms with van der Waals surface area (Å²) < 4.78 is 27.6. The average molecular weight is 396 g/mol. The molecule has 0 radical (unpaired) electrons. The van der Waals surface area contributed by atoms with Crippen LogP contribution < -0.4 is 5.32 Å². The van der Waals surface area contributed by atoms with Crippen LogP contribution in [0.1, 0.15) is 11.3 Å². The van der Waals surface area contributed by atoms with Crippen LogP contribution in [0, 0.1) is 5.92 Å². The molecule has 1 aliphatic rings. The molecule has 0 spiro atoms. The SMILES string of the molecule is CNCc1cc(S(=O)(=O)N(C)CC2CCN(C)C2)c(Br)s1. The van der Waals surface area contributed by atoms with Gasteiger partial charge in [-0.3, -0.25) is 0 Å². The Morgan fingerprint density at radius 2 is 2.29 bits per heavy atom. The van der Waals surface area contributed by atoms with Crippen LogP contribution in [0.4, 0.5) is 0 Å². The maximum Gasteiger partial charge on any atom is 0.244 e. The van der Waals surface area contributed by atoms with E-state index in [9.17, 15) is 8.42 Å². The number of likely N-dealkylation sites (tertiary alicyclic amines) is 1. The van der Waals surface area contributed by atoms with Crippen molar-refractivity contribution in [2.45, 2.75) is 17.9 Å². The van der Waals surface area contributed by atoms with Gasteiger partial charge in [-0.05, 0) is 55.0 Å². The van der Waals surface area contributed by atoms with Gasteiger partial charge < -0.3 is 10.2 Å². The molecule has 1 atom stereocenters. The lowest BCUT2D eigenvalue weighted by Crippen LogP contribution is -2.32. The first-order valence-electron chi connectivity index (χ1n) is 6.92. The van der Waals surface area contributed by atoms with E-state index in [0.29, 0.717) is 27.7 Å². The Hall–Kier alpha value is 0.01000. The summed E-state index contributed by atoms with van der Waals surface area (Å²) in [6.45, 7) is 3.27. The first kappa shape index (κ1) is 17.4. The minimum Gasteiger partial charge on any atom is -0.315 e. The molecule has 2 rings (SSSR count). The minimum atomic E-state index is -3.42. The van der Waals surface area contributed by atoms with E-state index in [2.05, 4.69) is 33.2 Å². The van der Waals surface area contributed by atoms with Crippen molar-refractivity contribution in [3.63, 3.8) is 0 Å². The summed E-state index contributed by atoms with van der Waals surface area (Å²) in [5.74, 6) is 0.420. The Bertz CT molecular complexity index is 588. The normalized spacial score (nSPS) is 20.5. The first-order valence-corrected chi connectivity index (χ1v) is 9.97. The molecule has 1 unspecified atom stereocenters. The Labute approximate surface area is 139 Å². The summed E-state index contributed by atoms with van der Waals surface area (Å²) >= 11 is 4.86. The largest absolute Gasteiger partial charge is 0.315 e. The number of halogens is 1. The summed E-state index contributed by atoms with van der Waals surface area (Å²) in [4.78, 5) is 3.64. The lowest BCUT2D eigenvalue weighted by Gasteiger charge is -2.20. The number of thiophene rings is 1. The van der Waals surface area contributed by atoms with Crippen LogP contribution in [0.5, 0.6) is 0 Å². The second kappa shape index (κ2) is 7.06. The van der Waals surface area contributed by atoms with Crippen molar-refractivity contribution in [2.75, 3.05) is 40.8 Å². The first-order chi connectivity index (χ1) is 9.84. The van der Waals surface area contributed by atoms with Gasteiger partial charge >= 0.3 is 0 Å². The van der Waals surface area contributed by atoms with Crippen LogP contribution in [-0.4, -0.2) is 58.4 Å². The number of nitrogens with zero attached hydrogens (tertiary/aromatic N) is 2. The highest BCUT2D eigenvalue weighted by Crippen LogP contribution is 2.33. The molecular formula is C13H22BrN3O2S2. The lowest BCUT2D eigenvalue weighted by molar-refractivity contribution is 0.356. The average Bonchev–Trinajstić information content (AvgIpc) is 2.96. The molecule has 8 heteroatoms. The van der Waals surface area contributed by atoms with E-state index < -0.39 is 10.0 Å². The smallest absolute Gasteiger partial charge is 0.244 e. The number of rotatable bonds is 6. The highest BCUT2D eigenvalue weighted by atomic mass is 79.9. The van der Waals surface area contributed by atoms with E-state index in [4.69, 9.17) is 0 Å². The van der Waals surface area contributed by atoms with Gasteiger partial charge in [-0.2, -0.15) is 0 Å². The predicted molar refractivity (Wildman–Crippen MR) is 90.2 cm³/mol. The second-order valence-electron chi connectivity index (χ2n) is 5.58. The molecule has 1 N–H and O–H groups in total. The Morgan fingerprint density at radius 3 is 2.86 bits per heavy atom. The van der Waals surface area contributed by atoms with Gasteiger partial charge in [-0.25, -0.2) is 12.7 Å². The van der Waals surface area contributed by atoms with Crippen LogP contribution in [-0.2, 0) is 16.6 Å². The van der Waals surface area contributed by atoms with Crippen molar-refractivity contribution in [1.82, 2.24) is 14.5 Å². The van der Waals surface area contributed by atoms with Crippen LogP contribution in [0.15, 0.2) is 14.7 Å². The van der Waals surface area contributed by atoms with Crippen LogP contribution in [0.25, 0.3) is 0 Å².